The van der Waals surface area contributed by atoms with Crippen LogP contribution >= 0.6 is 11.6 Å². The minimum absolute atomic E-state index is 0.0970. The number of piperazine rings is 1. The van der Waals surface area contributed by atoms with Crippen molar-refractivity contribution in [2.45, 2.75) is 69.6 Å². The molecule has 1 aliphatic carbocycles. The van der Waals surface area contributed by atoms with E-state index in [1.165, 1.54) is 25.3 Å². The summed E-state index contributed by atoms with van der Waals surface area (Å²) < 4.78 is 92.4. The van der Waals surface area contributed by atoms with Gasteiger partial charge in [0.15, 0.2) is 5.82 Å². The zero-order valence-electron chi connectivity index (χ0n) is 24.7. The molecule has 0 spiro atoms. The fourth-order valence-corrected chi connectivity index (χ4v) is 7.29. The van der Waals surface area contributed by atoms with Gasteiger partial charge in [-0.15, -0.1) is 0 Å². The van der Waals surface area contributed by atoms with Crippen molar-refractivity contribution >= 4 is 28.3 Å². The van der Waals surface area contributed by atoms with Crippen molar-refractivity contribution in [2.75, 3.05) is 44.2 Å². The van der Waals surface area contributed by atoms with Crippen LogP contribution in [0.15, 0.2) is 18.3 Å². The fraction of sp³-hybridized carbons (Fsp3) is 0.581. The molecule has 0 amide bonds. The topological polar surface area (TPSA) is 66.4 Å². The highest BCUT2D eigenvalue weighted by atomic mass is 35.5. The van der Waals surface area contributed by atoms with Crippen LogP contribution in [0.5, 0.6) is 6.01 Å². The number of halogens is 7. The van der Waals surface area contributed by atoms with Crippen LogP contribution in [0, 0.1) is 18.2 Å². The highest BCUT2D eigenvalue weighted by Gasteiger charge is 2.47. The Kier molecular flexibility index (Phi) is 7.59. The number of aryl methyl sites for hydroxylation is 1. The highest BCUT2D eigenvalue weighted by Crippen LogP contribution is 2.48. The van der Waals surface area contributed by atoms with E-state index in [2.05, 4.69) is 15.3 Å². The van der Waals surface area contributed by atoms with E-state index in [0.717, 1.165) is 25.7 Å². The summed E-state index contributed by atoms with van der Waals surface area (Å²) in [7, 11) is 0. The van der Waals surface area contributed by atoms with Crippen LogP contribution in [0.3, 0.4) is 0 Å². The van der Waals surface area contributed by atoms with E-state index in [0.29, 0.717) is 38.5 Å². The highest BCUT2D eigenvalue weighted by molar-refractivity contribution is 6.34. The van der Waals surface area contributed by atoms with E-state index >= 15 is 4.39 Å². The van der Waals surface area contributed by atoms with Crippen LogP contribution in [0.4, 0.5) is 32.2 Å². The first-order chi connectivity index (χ1) is 21.3. The van der Waals surface area contributed by atoms with Gasteiger partial charge >= 0.3 is 12.2 Å². The first-order valence-electron chi connectivity index (χ1n) is 15.3. The third kappa shape index (κ3) is 6.03. The number of aromatic nitrogens is 3. The van der Waals surface area contributed by atoms with Crippen LogP contribution in [-0.4, -0.2) is 77.2 Å². The number of pyridine rings is 1. The van der Waals surface area contributed by atoms with Crippen LogP contribution in [0.1, 0.15) is 49.7 Å². The third-order valence-corrected chi connectivity index (χ3v) is 9.95. The van der Waals surface area contributed by atoms with E-state index in [4.69, 9.17) is 21.3 Å². The van der Waals surface area contributed by atoms with Gasteiger partial charge in [0.05, 0.1) is 28.5 Å². The van der Waals surface area contributed by atoms with Gasteiger partial charge in [0.2, 0.25) is 0 Å². The molecule has 14 heteroatoms. The molecular weight excluding hydrogens is 622 g/mol. The average Bonchev–Trinajstić information content (AvgIpc) is 3.66. The molecule has 2 unspecified atom stereocenters. The summed E-state index contributed by atoms with van der Waals surface area (Å²) in [6, 6.07) is 2.97. The molecule has 7 rings (SSSR count). The number of nitrogens with zero attached hydrogens (tertiary/aromatic N) is 5. The average molecular weight is 655 g/mol. The van der Waals surface area contributed by atoms with Gasteiger partial charge in [0.25, 0.3) is 5.92 Å². The molecule has 1 N–H and O–H groups in total. The molecule has 3 aromatic rings. The lowest BCUT2D eigenvalue weighted by atomic mass is 9.99. The second-order valence-corrected chi connectivity index (χ2v) is 13.5. The SMILES string of the molecule is Cc1ccnc(-c2c(Cl)cc3c(N4CC5CCC(C4)N5)nc(OCC4(CN5CCC(F)(F)CC5)CC4)nc3c2F)c1C(F)(F)F. The number of fused-ring (bicyclic) bond motifs is 3. The van der Waals surface area contributed by atoms with Crippen LogP contribution in [0.25, 0.3) is 22.2 Å². The van der Waals surface area contributed by atoms with Gasteiger partial charge in [-0.2, -0.15) is 23.1 Å². The summed E-state index contributed by atoms with van der Waals surface area (Å²) in [5, 5.41) is 3.58. The Morgan fingerprint density at radius 3 is 2.40 bits per heavy atom. The Morgan fingerprint density at radius 1 is 1.07 bits per heavy atom. The smallest absolute Gasteiger partial charge is 0.418 e. The summed E-state index contributed by atoms with van der Waals surface area (Å²) in [5.41, 5.74) is -2.74. The summed E-state index contributed by atoms with van der Waals surface area (Å²) in [6.07, 6.45) is -0.313. The number of alkyl halides is 5. The molecule has 4 fully saturated rings. The predicted octanol–water partition coefficient (Wildman–Crippen LogP) is 6.64. The molecule has 5 heterocycles. The van der Waals surface area contributed by atoms with E-state index in [9.17, 15) is 22.0 Å². The van der Waals surface area contributed by atoms with Gasteiger partial charge in [-0.25, -0.2) is 13.2 Å². The van der Waals surface area contributed by atoms with Gasteiger partial charge in [-0.1, -0.05) is 11.6 Å². The monoisotopic (exact) mass is 654 g/mol. The second-order valence-electron chi connectivity index (χ2n) is 13.1. The van der Waals surface area contributed by atoms with Crippen molar-refractivity contribution in [3.05, 3.63) is 40.3 Å². The number of anilines is 1. The van der Waals surface area contributed by atoms with Gasteiger partial charge in [-0.05, 0) is 50.3 Å². The molecule has 0 radical (unpaired) electrons. The number of hydrogen-bond donors (Lipinski definition) is 1. The quantitative estimate of drug-likeness (QED) is 0.287. The van der Waals surface area contributed by atoms with Crippen molar-refractivity contribution in [1.29, 1.82) is 0 Å². The number of rotatable bonds is 7. The van der Waals surface area contributed by atoms with Crippen LogP contribution < -0.4 is 15.0 Å². The third-order valence-electron chi connectivity index (χ3n) is 9.65. The lowest BCUT2D eigenvalue weighted by Crippen LogP contribution is -2.51. The molecule has 4 aliphatic rings. The van der Waals surface area contributed by atoms with Gasteiger partial charge in [0.1, 0.15) is 11.3 Å². The summed E-state index contributed by atoms with van der Waals surface area (Å²) in [5.74, 6) is -3.27. The van der Waals surface area contributed by atoms with Crippen molar-refractivity contribution in [1.82, 2.24) is 25.2 Å². The fourth-order valence-electron chi connectivity index (χ4n) is 7.01. The molecule has 1 aromatic carbocycles. The second kappa shape index (κ2) is 11.1. The van der Waals surface area contributed by atoms with Crippen LogP contribution in [0.2, 0.25) is 5.02 Å². The molecule has 242 valence electrons. The Labute approximate surface area is 261 Å². The van der Waals surface area contributed by atoms with Crippen molar-refractivity contribution < 1.29 is 31.1 Å². The molecule has 45 heavy (non-hydrogen) atoms. The van der Waals surface area contributed by atoms with Gasteiger partial charge < -0.3 is 19.9 Å². The zero-order valence-corrected chi connectivity index (χ0v) is 25.4. The van der Waals surface area contributed by atoms with E-state index in [1.807, 2.05) is 9.80 Å². The number of benzene rings is 1. The van der Waals surface area contributed by atoms with Crippen molar-refractivity contribution in [3.63, 3.8) is 0 Å². The number of likely N-dealkylation sites (tertiary alicyclic amines) is 1. The molecule has 2 atom stereocenters. The number of hydrogen-bond acceptors (Lipinski definition) is 7. The molecule has 7 nitrogen and oxygen atoms in total. The lowest BCUT2D eigenvalue weighted by molar-refractivity contribution is -0.137. The Morgan fingerprint density at radius 2 is 1.76 bits per heavy atom. The largest absolute Gasteiger partial charge is 0.463 e. The maximum Gasteiger partial charge on any atom is 0.418 e. The molecule has 2 bridgehead atoms. The number of piperidine rings is 1. The number of ether oxygens (including phenoxy) is 1. The van der Waals surface area contributed by atoms with Crippen LogP contribution in [-0.2, 0) is 6.18 Å². The van der Waals surface area contributed by atoms with E-state index in [1.54, 1.807) is 0 Å². The van der Waals surface area contributed by atoms with Crippen molar-refractivity contribution in [3.8, 4) is 17.3 Å². The standard InChI is InChI=1S/C31H33ClF6N6O/c1-17-4-9-39-26(23(17)31(36,37)38)22-21(32)12-20-25(24(22)33)41-28(42-27(20)44-13-18-2-3-19(14-44)40-18)45-16-29(5-6-29)15-43-10-7-30(34,35)8-11-43/h4,9,12,18-19,40H,2-3,5-8,10-11,13-16H2,1H3. The lowest BCUT2D eigenvalue weighted by Gasteiger charge is -2.35. The van der Waals surface area contributed by atoms with Gasteiger partial charge in [-0.3, -0.25) is 4.98 Å². The first-order valence-corrected chi connectivity index (χ1v) is 15.7. The first kappa shape index (κ1) is 30.7. The molecule has 1 saturated carbocycles. The normalized spacial score (nSPS) is 24.3. The number of nitrogens with one attached hydrogen (secondary N) is 1. The maximum absolute atomic E-state index is 16.5. The Balaban J connectivity index is 1.26. The molecule has 3 saturated heterocycles. The molecular formula is C31H33ClF6N6O. The van der Waals surface area contributed by atoms with E-state index < -0.39 is 34.7 Å². The Hall–Kier alpha value is -2.90. The summed E-state index contributed by atoms with van der Waals surface area (Å²) in [6.45, 7) is 3.90. The minimum atomic E-state index is -4.80. The van der Waals surface area contributed by atoms with E-state index in [-0.39, 0.29) is 64.4 Å². The van der Waals surface area contributed by atoms with Gasteiger partial charge in [0, 0.05) is 74.6 Å². The maximum atomic E-state index is 16.5. The summed E-state index contributed by atoms with van der Waals surface area (Å²) >= 11 is 6.56. The van der Waals surface area contributed by atoms with Crippen molar-refractivity contribution in [2.24, 2.45) is 5.41 Å². The Bertz CT molecular complexity index is 1610. The minimum Gasteiger partial charge on any atom is -0.463 e. The summed E-state index contributed by atoms with van der Waals surface area (Å²) in [4.78, 5) is 17.1. The molecule has 3 aliphatic heterocycles. The predicted molar refractivity (Wildman–Crippen MR) is 157 cm³/mol. The molecule has 2 aromatic heterocycles. The zero-order chi connectivity index (χ0) is 31.7.